The van der Waals surface area contributed by atoms with Crippen molar-refractivity contribution in [3.8, 4) is 11.1 Å². The van der Waals surface area contributed by atoms with E-state index in [1.807, 2.05) is 6.07 Å². The summed E-state index contributed by atoms with van der Waals surface area (Å²) in [4.78, 5) is 0. The second-order valence-electron chi connectivity index (χ2n) is 8.91. The largest absolute Gasteiger partial charge is 0.456 e. The van der Waals surface area contributed by atoms with E-state index in [9.17, 15) is 0 Å². The molecular weight excluding hydrogens is 400 g/mol. The van der Waals surface area contributed by atoms with Gasteiger partial charge in [-0.25, -0.2) is 0 Å². The van der Waals surface area contributed by atoms with Crippen LogP contribution in [0.25, 0.3) is 76.2 Å². The topological polar surface area (TPSA) is 13.1 Å². The highest BCUT2D eigenvalue weighted by Gasteiger charge is 2.19. The van der Waals surface area contributed by atoms with Gasteiger partial charge in [-0.2, -0.15) is 0 Å². The Morgan fingerprint density at radius 1 is 0.394 bits per heavy atom. The zero-order chi connectivity index (χ0) is 21.5. The zero-order valence-corrected chi connectivity index (χ0v) is 17.8. The van der Waals surface area contributed by atoms with E-state index in [0.717, 1.165) is 11.2 Å². The first-order valence-corrected chi connectivity index (χ1v) is 11.4. The van der Waals surface area contributed by atoms with Gasteiger partial charge < -0.3 is 4.42 Å². The van der Waals surface area contributed by atoms with E-state index in [-0.39, 0.29) is 0 Å². The third-order valence-corrected chi connectivity index (χ3v) is 7.19. The van der Waals surface area contributed by atoms with Gasteiger partial charge in [0, 0.05) is 16.3 Å². The fourth-order valence-electron chi connectivity index (χ4n) is 5.78. The number of hydrogen-bond donors (Lipinski definition) is 0. The normalized spacial score (nSPS) is 12.2. The molecule has 0 amide bonds. The lowest BCUT2D eigenvalue weighted by atomic mass is 9.87. The molecule has 33 heavy (non-hydrogen) atoms. The Balaban J connectivity index is 1.65. The quantitative estimate of drug-likeness (QED) is 0.242. The standard InChI is InChI=1S/C32H18O/c1-2-9-23-22(6-1)18-28-32(26-10-3-4-11-27(26)33-28)31(23)25-17-15-21-13-12-19-7-5-8-20-14-16-24(25)30(21)29(19)20/h1-18H. The molecule has 1 aromatic heterocycles. The summed E-state index contributed by atoms with van der Waals surface area (Å²) >= 11 is 0. The second-order valence-corrected chi connectivity index (χ2v) is 8.91. The minimum Gasteiger partial charge on any atom is -0.456 e. The van der Waals surface area contributed by atoms with Gasteiger partial charge in [0.1, 0.15) is 11.2 Å². The highest BCUT2D eigenvalue weighted by atomic mass is 16.3. The van der Waals surface area contributed by atoms with Crippen LogP contribution in [-0.2, 0) is 0 Å². The minimum absolute atomic E-state index is 0.932. The maximum absolute atomic E-state index is 6.35. The van der Waals surface area contributed by atoms with Crippen molar-refractivity contribution in [1.29, 1.82) is 0 Å². The molecule has 1 heterocycles. The predicted octanol–water partition coefficient (Wildman–Crippen LogP) is 9.30. The molecule has 1 nitrogen and oxygen atoms in total. The van der Waals surface area contributed by atoms with Crippen molar-refractivity contribution in [2.75, 3.05) is 0 Å². The number of hydrogen-bond acceptors (Lipinski definition) is 1. The molecule has 0 aliphatic carbocycles. The van der Waals surface area contributed by atoms with Crippen molar-refractivity contribution < 1.29 is 4.42 Å². The van der Waals surface area contributed by atoms with Gasteiger partial charge in [-0.15, -0.1) is 0 Å². The molecule has 0 unspecified atom stereocenters. The highest BCUT2D eigenvalue weighted by Crippen LogP contribution is 2.46. The van der Waals surface area contributed by atoms with Crippen LogP contribution in [0.1, 0.15) is 0 Å². The van der Waals surface area contributed by atoms with E-state index in [4.69, 9.17) is 4.42 Å². The van der Waals surface area contributed by atoms with Crippen LogP contribution in [0.3, 0.4) is 0 Å². The molecule has 7 aromatic carbocycles. The first kappa shape index (κ1) is 17.2. The Hall–Kier alpha value is -4.36. The molecule has 0 bridgehead atoms. The van der Waals surface area contributed by atoms with Crippen LogP contribution in [0.2, 0.25) is 0 Å². The summed E-state index contributed by atoms with van der Waals surface area (Å²) in [6.07, 6.45) is 0. The van der Waals surface area contributed by atoms with Crippen molar-refractivity contribution in [3.05, 3.63) is 109 Å². The maximum Gasteiger partial charge on any atom is 0.136 e. The third-order valence-electron chi connectivity index (χ3n) is 7.19. The van der Waals surface area contributed by atoms with Gasteiger partial charge in [0.25, 0.3) is 0 Å². The van der Waals surface area contributed by atoms with Crippen LogP contribution in [0, 0.1) is 0 Å². The molecule has 8 rings (SSSR count). The van der Waals surface area contributed by atoms with Crippen LogP contribution in [0.4, 0.5) is 0 Å². The van der Waals surface area contributed by atoms with Crippen molar-refractivity contribution in [2.45, 2.75) is 0 Å². The van der Waals surface area contributed by atoms with Crippen LogP contribution >= 0.6 is 0 Å². The molecular formula is C32H18O. The minimum atomic E-state index is 0.932. The number of rotatable bonds is 1. The first-order chi connectivity index (χ1) is 16.4. The lowest BCUT2D eigenvalue weighted by Crippen LogP contribution is -1.89. The van der Waals surface area contributed by atoms with E-state index in [0.29, 0.717) is 0 Å². The van der Waals surface area contributed by atoms with Crippen LogP contribution in [0.5, 0.6) is 0 Å². The van der Waals surface area contributed by atoms with E-state index in [1.165, 1.54) is 65.0 Å². The van der Waals surface area contributed by atoms with E-state index in [1.54, 1.807) is 0 Å². The van der Waals surface area contributed by atoms with E-state index < -0.39 is 0 Å². The van der Waals surface area contributed by atoms with Gasteiger partial charge >= 0.3 is 0 Å². The summed E-state index contributed by atoms with van der Waals surface area (Å²) < 4.78 is 6.35. The summed E-state index contributed by atoms with van der Waals surface area (Å²) in [6.45, 7) is 0. The van der Waals surface area contributed by atoms with Gasteiger partial charge in [0.2, 0.25) is 0 Å². The molecule has 0 spiro atoms. The van der Waals surface area contributed by atoms with Crippen LogP contribution in [-0.4, -0.2) is 0 Å². The monoisotopic (exact) mass is 418 g/mol. The SMILES string of the molecule is c1ccc2c(-c3ccc4ccc5cccc6ccc3c4c56)c3c(cc2c1)oc1ccccc13. The van der Waals surface area contributed by atoms with E-state index in [2.05, 4.69) is 103 Å². The fraction of sp³-hybridized carbons (Fsp3) is 0. The average Bonchev–Trinajstić information content (AvgIpc) is 3.24. The Kier molecular flexibility index (Phi) is 3.19. The van der Waals surface area contributed by atoms with Gasteiger partial charge in [0.15, 0.2) is 0 Å². The first-order valence-electron chi connectivity index (χ1n) is 11.4. The van der Waals surface area contributed by atoms with Crippen LogP contribution < -0.4 is 0 Å². The van der Waals surface area contributed by atoms with Crippen molar-refractivity contribution >= 4 is 65.0 Å². The molecule has 8 aromatic rings. The number of fused-ring (bicyclic) bond motifs is 4. The third kappa shape index (κ3) is 2.21. The second kappa shape index (κ2) is 6.11. The Morgan fingerprint density at radius 2 is 1.06 bits per heavy atom. The van der Waals surface area contributed by atoms with Crippen molar-refractivity contribution in [2.24, 2.45) is 0 Å². The summed E-state index contributed by atoms with van der Waals surface area (Å²) in [5.41, 5.74) is 4.39. The molecule has 0 aliphatic heterocycles. The lowest BCUT2D eigenvalue weighted by molar-refractivity contribution is 0.669. The number of benzene rings is 7. The summed E-state index contributed by atoms with van der Waals surface area (Å²) in [6, 6.07) is 39.4. The average molecular weight is 418 g/mol. The lowest BCUT2D eigenvalue weighted by Gasteiger charge is -2.16. The van der Waals surface area contributed by atoms with Gasteiger partial charge in [-0.1, -0.05) is 97.1 Å². The Labute approximate surface area is 189 Å². The number of furan rings is 1. The Bertz CT molecular complexity index is 2010. The van der Waals surface area contributed by atoms with Crippen molar-refractivity contribution in [3.63, 3.8) is 0 Å². The summed E-state index contributed by atoms with van der Waals surface area (Å²) in [7, 11) is 0. The van der Waals surface area contributed by atoms with Crippen LogP contribution in [0.15, 0.2) is 114 Å². The fourth-order valence-corrected chi connectivity index (χ4v) is 5.78. The zero-order valence-electron chi connectivity index (χ0n) is 17.8. The predicted molar refractivity (Wildman–Crippen MR) is 140 cm³/mol. The smallest absolute Gasteiger partial charge is 0.136 e. The van der Waals surface area contributed by atoms with Gasteiger partial charge in [-0.3, -0.25) is 0 Å². The molecule has 0 radical (unpaired) electrons. The highest BCUT2D eigenvalue weighted by molar-refractivity contribution is 6.29. The Morgan fingerprint density at radius 3 is 1.94 bits per heavy atom. The molecule has 1 heteroatoms. The molecule has 0 aliphatic rings. The maximum atomic E-state index is 6.35. The summed E-state index contributed by atoms with van der Waals surface area (Å²) in [5, 5.41) is 12.7. The van der Waals surface area contributed by atoms with Gasteiger partial charge in [0.05, 0.1) is 0 Å². The summed E-state index contributed by atoms with van der Waals surface area (Å²) in [5.74, 6) is 0. The molecule has 0 atom stereocenters. The molecule has 0 saturated carbocycles. The molecule has 0 N–H and O–H groups in total. The van der Waals surface area contributed by atoms with Crippen molar-refractivity contribution in [1.82, 2.24) is 0 Å². The van der Waals surface area contributed by atoms with Gasteiger partial charge in [-0.05, 0) is 60.8 Å². The molecule has 0 saturated heterocycles. The molecule has 0 fully saturated rings. The molecule has 152 valence electrons. The number of para-hydroxylation sites is 1. The van der Waals surface area contributed by atoms with E-state index >= 15 is 0 Å².